The van der Waals surface area contributed by atoms with E-state index in [1.807, 2.05) is 20.8 Å². The lowest BCUT2D eigenvalue weighted by Gasteiger charge is -2.18. The van der Waals surface area contributed by atoms with E-state index < -0.39 is 17.9 Å². The van der Waals surface area contributed by atoms with Gasteiger partial charge in [-0.1, -0.05) is 20.8 Å². The van der Waals surface area contributed by atoms with E-state index in [1.54, 1.807) is 12.1 Å². The molecule has 100 valence electrons. The van der Waals surface area contributed by atoms with Crippen LogP contribution in [0.3, 0.4) is 0 Å². The van der Waals surface area contributed by atoms with Gasteiger partial charge in [-0.2, -0.15) is 0 Å². The van der Waals surface area contributed by atoms with E-state index >= 15 is 0 Å². The zero-order chi connectivity index (χ0) is 13.7. The quantitative estimate of drug-likeness (QED) is 0.812. The van der Waals surface area contributed by atoms with Crippen molar-refractivity contribution in [1.82, 2.24) is 5.32 Å². The molecule has 0 saturated carbocycles. The second kappa shape index (κ2) is 6.23. The topological polar surface area (TPSA) is 68.5 Å². The van der Waals surface area contributed by atoms with Crippen molar-refractivity contribution < 1.29 is 18.7 Å². The summed E-state index contributed by atoms with van der Waals surface area (Å²) in [5.74, 6) is 0.0298. The molecule has 0 fully saturated rings. The molecular formula is C13H19NO4. The fourth-order valence-corrected chi connectivity index (χ4v) is 1.53. The molecule has 1 unspecified atom stereocenters. The number of carbonyl (C=O) groups is 2. The van der Waals surface area contributed by atoms with Gasteiger partial charge in [0.2, 0.25) is 0 Å². The summed E-state index contributed by atoms with van der Waals surface area (Å²) in [6.07, 6.45) is 0.720. The second-order valence-electron chi connectivity index (χ2n) is 4.34. The van der Waals surface area contributed by atoms with Gasteiger partial charge in [-0.25, -0.2) is 4.79 Å². The van der Waals surface area contributed by atoms with Gasteiger partial charge in [0.15, 0.2) is 5.76 Å². The first kappa shape index (κ1) is 14.3. The van der Waals surface area contributed by atoms with Crippen molar-refractivity contribution >= 4 is 11.9 Å². The molecule has 18 heavy (non-hydrogen) atoms. The van der Waals surface area contributed by atoms with Gasteiger partial charge in [-0.15, -0.1) is 0 Å². The van der Waals surface area contributed by atoms with Crippen molar-refractivity contribution in [3.63, 3.8) is 0 Å². The van der Waals surface area contributed by atoms with Gasteiger partial charge in [-0.05, 0) is 18.1 Å². The molecule has 0 saturated heterocycles. The third kappa shape index (κ3) is 3.35. The molecule has 5 nitrogen and oxygen atoms in total. The Morgan fingerprint density at radius 3 is 2.50 bits per heavy atom. The predicted molar refractivity (Wildman–Crippen MR) is 66.2 cm³/mol. The number of ether oxygens (including phenoxy) is 1. The normalized spacial score (nSPS) is 12.3. The lowest BCUT2D eigenvalue weighted by molar-refractivity contribution is -0.144. The minimum absolute atomic E-state index is 0.0537. The third-order valence-electron chi connectivity index (χ3n) is 2.64. The van der Waals surface area contributed by atoms with E-state index in [-0.39, 0.29) is 11.7 Å². The largest absolute Gasteiger partial charge is 0.467 e. The number of hydrogen-bond donors (Lipinski definition) is 1. The Balaban J connectivity index is 2.75. The Morgan fingerprint density at radius 1 is 1.39 bits per heavy atom. The van der Waals surface area contributed by atoms with Crippen LogP contribution in [0.4, 0.5) is 0 Å². The zero-order valence-electron chi connectivity index (χ0n) is 11.1. The van der Waals surface area contributed by atoms with E-state index in [0.29, 0.717) is 0 Å². The highest BCUT2D eigenvalue weighted by molar-refractivity contribution is 5.94. The SMILES string of the molecule is CCc1ccc(C(=O)NC(C(=O)OC)C(C)C)o1. The monoisotopic (exact) mass is 253 g/mol. The molecule has 0 aromatic carbocycles. The molecular weight excluding hydrogens is 234 g/mol. The van der Waals surface area contributed by atoms with Crippen molar-refractivity contribution in [1.29, 1.82) is 0 Å². The Morgan fingerprint density at radius 2 is 2.06 bits per heavy atom. The molecule has 1 aromatic rings. The molecule has 1 N–H and O–H groups in total. The van der Waals surface area contributed by atoms with E-state index in [2.05, 4.69) is 10.1 Å². The molecule has 1 rings (SSSR count). The van der Waals surface area contributed by atoms with Crippen LogP contribution >= 0.6 is 0 Å². The molecule has 1 amide bonds. The first-order chi connectivity index (χ1) is 8.49. The van der Waals surface area contributed by atoms with Crippen LogP contribution in [-0.2, 0) is 16.0 Å². The maximum Gasteiger partial charge on any atom is 0.328 e. The number of rotatable bonds is 5. The smallest absolute Gasteiger partial charge is 0.328 e. The van der Waals surface area contributed by atoms with Crippen LogP contribution in [0.25, 0.3) is 0 Å². The number of esters is 1. The van der Waals surface area contributed by atoms with Gasteiger partial charge in [0, 0.05) is 6.42 Å². The average Bonchev–Trinajstić information content (AvgIpc) is 2.83. The van der Waals surface area contributed by atoms with E-state index in [4.69, 9.17) is 4.42 Å². The number of amides is 1. The standard InChI is InChI=1S/C13H19NO4/c1-5-9-6-7-10(18-9)12(15)14-11(8(2)3)13(16)17-4/h6-8,11H,5H2,1-4H3,(H,14,15). The van der Waals surface area contributed by atoms with Crippen molar-refractivity contribution in [2.24, 2.45) is 5.92 Å². The van der Waals surface area contributed by atoms with Gasteiger partial charge >= 0.3 is 5.97 Å². The van der Waals surface area contributed by atoms with Crippen molar-refractivity contribution in [3.05, 3.63) is 23.7 Å². The summed E-state index contributed by atoms with van der Waals surface area (Å²) in [7, 11) is 1.30. The third-order valence-corrected chi connectivity index (χ3v) is 2.64. The fourth-order valence-electron chi connectivity index (χ4n) is 1.53. The number of hydrogen-bond acceptors (Lipinski definition) is 4. The molecule has 1 aromatic heterocycles. The molecule has 1 atom stereocenters. The number of carbonyl (C=O) groups excluding carboxylic acids is 2. The molecule has 1 heterocycles. The van der Waals surface area contributed by atoms with Gasteiger partial charge in [0.25, 0.3) is 5.91 Å². The number of methoxy groups -OCH3 is 1. The first-order valence-corrected chi connectivity index (χ1v) is 5.97. The Bertz CT molecular complexity index is 422. The van der Waals surface area contributed by atoms with Gasteiger partial charge < -0.3 is 14.5 Å². The highest BCUT2D eigenvalue weighted by atomic mass is 16.5. The van der Waals surface area contributed by atoms with Crippen molar-refractivity contribution in [3.8, 4) is 0 Å². The number of aryl methyl sites for hydroxylation is 1. The van der Waals surface area contributed by atoms with Crippen molar-refractivity contribution in [2.45, 2.75) is 33.2 Å². The predicted octanol–water partition coefficient (Wildman–Crippen LogP) is 1.77. The molecule has 0 aliphatic rings. The average molecular weight is 253 g/mol. The first-order valence-electron chi connectivity index (χ1n) is 5.97. The Hall–Kier alpha value is -1.78. The lowest BCUT2D eigenvalue weighted by atomic mass is 10.0. The van der Waals surface area contributed by atoms with Crippen LogP contribution in [0.2, 0.25) is 0 Å². The maximum atomic E-state index is 11.9. The molecule has 0 radical (unpaired) electrons. The minimum Gasteiger partial charge on any atom is -0.467 e. The lowest BCUT2D eigenvalue weighted by Crippen LogP contribution is -2.44. The summed E-state index contributed by atoms with van der Waals surface area (Å²) >= 11 is 0. The highest BCUT2D eigenvalue weighted by Gasteiger charge is 2.26. The van der Waals surface area contributed by atoms with E-state index in [9.17, 15) is 9.59 Å². The Labute approximate surface area is 106 Å². The fraction of sp³-hybridized carbons (Fsp3) is 0.538. The van der Waals surface area contributed by atoms with Gasteiger partial charge in [0.05, 0.1) is 7.11 Å². The summed E-state index contributed by atoms with van der Waals surface area (Å²) in [6, 6.07) is 2.68. The van der Waals surface area contributed by atoms with Crippen molar-refractivity contribution in [2.75, 3.05) is 7.11 Å². The molecule has 0 bridgehead atoms. The van der Waals surface area contributed by atoms with Crippen LogP contribution in [0.15, 0.2) is 16.5 Å². The molecule has 0 aliphatic carbocycles. The van der Waals surface area contributed by atoms with E-state index in [1.165, 1.54) is 7.11 Å². The maximum absolute atomic E-state index is 11.9. The second-order valence-corrected chi connectivity index (χ2v) is 4.34. The van der Waals surface area contributed by atoms with Gasteiger partial charge in [-0.3, -0.25) is 4.79 Å². The summed E-state index contributed by atoms with van der Waals surface area (Å²) in [4.78, 5) is 23.4. The zero-order valence-corrected chi connectivity index (χ0v) is 11.1. The van der Waals surface area contributed by atoms with Crippen LogP contribution in [0, 0.1) is 5.92 Å². The summed E-state index contributed by atoms with van der Waals surface area (Å²) in [5.41, 5.74) is 0. The molecule has 0 spiro atoms. The van der Waals surface area contributed by atoms with Crippen LogP contribution < -0.4 is 5.32 Å². The summed E-state index contributed by atoms with van der Waals surface area (Å²) < 4.78 is 9.98. The highest BCUT2D eigenvalue weighted by Crippen LogP contribution is 2.10. The van der Waals surface area contributed by atoms with Crippen LogP contribution in [-0.4, -0.2) is 25.0 Å². The molecule has 5 heteroatoms. The van der Waals surface area contributed by atoms with Crippen LogP contribution in [0.1, 0.15) is 37.1 Å². The van der Waals surface area contributed by atoms with Gasteiger partial charge in [0.1, 0.15) is 11.8 Å². The molecule has 0 aliphatic heterocycles. The Kier molecular flexibility index (Phi) is 4.95. The minimum atomic E-state index is -0.669. The van der Waals surface area contributed by atoms with Crippen LogP contribution in [0.5, 0.6) is 0 Å². The number of furan rings is 1. The summed E-state index contributed by atoms with van der Waals surface area (Å²) in [6.45, 7) is 5.61. The summed E-state index contributed by atoms with van der Waals surface area (Å²) in [5, 5.41) is 2.61. The number of nitrogens with one attached hydrogen (secondary N) is 1. The van der Waals surface area contributed by atoms with E-state index in [0.717, 1.165) is 12.2 Å².